The van der Waals surface area contributed by atoms with Crippen LogP contribution in [0, 0.1) is 0 Å². The van der Waals surface area contributed by atoms with Crippen LogP contribution in [0.15, 0.2) is 0 Å². The summed E-state index contributed by atoms with van der Waals surface area (Å²) < 4.78 is 0. The predicted octanol–water partition coefficient (Wildman–Crippen LogP) is 1.02. The number of amides is 1. The van der Waals surface area contributed by atoms with Gasteiger partial charge in [-0.25, -0.2) is 0 Å². The molecule has 0 aromatic rings. The lowest BCUT2D eigenvalue weighted by atomic mass is 9.80. The Morgan fingerprint density at radius 3 is 2.83 bits per heavy atom. The minimum absolute atomic E-state index is 0.179. The average Bonchev–Trinajstić information content (AvgIpc) is 3.13. The van der Waals surface area contributed by atoms with Crippen LogP contribution in [0.25, 0.3) is 0 Å². The van der Waals surface area contributed by atoms with E-state index in [2.05, 4.69) is 5.32 Å². The van der Waals surface area contributed by atoms with E-state index in [0.29, 0.717) is 11.3 Å². The molecule has 2 aliphatic rings. The van der Waals surface area contributed by atoms with E-state index >= 15 is 0 Å². The predicted molar refractivity (Wildman–Crippen MR) is 74.5 cm³/mol. The van der Waals surface area contributed by atoms with Crippen LogP contribution in [0.2, 0.25) is 0 Å². The van der Waals surface area contributed by atoms with Crippen LogP contribution in [0.1, 0.15) is 44.9 Å². The van der Waals surface area contributed by atoms with E-state index < -0.39 is 5.54 Å². The number of nitrogens with one attached hydrogen (secondary N) is 1. The zero-order chi connectivity index (χ0) is 13.0. The van der Waals surface area contributed by atoms with E-state index in [9.17, 15) is 4.79 Å². The van der Waals surface area contributed by atoms with Crippen molar-refractivity contribution < 1.29 is 9.90 Å². The first-order valence-corrected chi connectivity index (χ1v) is 8.01. The minimum atomic E-state index is -0.462. The second-order valence-corrected chi connectivity index (χ2v) is 6.94. The quantitative estimate of drug-likeness (QED) is 0.605. The van der Waals surface area contributed by atoms with Crippen LogP contribution in [-0.4, -0.2) is 40.2 Å². The third-order valence-electron chi connectivity index (χ3n) is 3.89. The maximum absolute atomic E-state index is 11.8. The molecule has 2 unspecified atom stereocenters. The summed E-state index contributed by atoms with van der Waals surface area (Å²) in [5.74, 6) is 0.793. The normalized spacial score (nSPS) is 32.4. The Morgan fingerprint density at radius 2 is 2.22 bits per heavy atom. The average molecular weight is 272 g/mol. The summed E-state index contributed by atoms with van der Waals surface area (Å²) in [6.07, 6.45) is 7.16. The maximum Gasteiger partial charge on any atom is 0.237 e. The molecular formula is C13H24N2O2S. The van der Waals surface area contributed by atoms with Crippen molar-refractivity contribution in [1.82, 2.24) is 5.32 Å². The van der Waals surface area contributed by atoms with E-state index in [1.54, 1.807) is 0 Å². The summed E-state index contributed by atoms with van der Waals surface area (Å²) >= 11 is 1.88. The summed E-state index contributed by atoms with van der Waals surface area (Å²) in [5.41, 5.74) is 5.18. The van der Waals surface area contributed by atoms with Gasteiger partial charge in [-0.3, -0.25) is 4.79 Å². The highest BCUT2D eigenvalue weighted by atomic mass is 32.2. The molecule has 0 heterocycles. The van der Waals surface area contributed by atoms with Crippen molar-refractivity contribution in [2.75, 3.05) is 12.4 Å². The number of carbonyl (C=O) groups is 1. The van der Waals surface area contributed by atoms with Gasteiger partial charge in [0.25, 0.3) is 0 Å². The van der Waals surface area contributed by atoms with Crippen molar-refractivity contribution in [3.8, 4) is 0 Å². The Morgan fingerprint density at radius 1 is 1.44 bits per heavy atom. The van der Waals surface area contributed by atoms with Gasteiger partial charge in [0.2, 0.25) is 5.91 Å². The standard InChI is InChI=1S/C13H24N2O2S/c14-12(17)13(15-10-4-5-10)6-1-3-11(9-13)18-8-2-7-16/h10-11,15-16H,1-9H2,(H2,14,17). The van der Waals surface area contributed by atoms with Crippen molar-refractivity contribution in [3.63, 3.8) is 0 Å². The van der Waals surface area contributed by atoms with Gasteiger partial charge in [-0.05, 0) is 50.7 Å². The molecule has 2 saturated carbocycles. The van der Waals surface area contributed by atoms with Gasteiger partial charge < -0.3 is 16.2 Å². The van der Waals surface area contributed by atoms with Gasteiger partial charge in [-0.2, -0.15) is 11.8 Å². The second kappa shape index (κ2) is 6.26. The smallest absolute Gasteiger partial charge is 0.237 e. The molecule has 5 heteroatoms. The molecule has 0 aromatic heterocycles. The first kappa shape index (κ1) is 14.2. The number of primary amides is 1. The van der Waals surface area contributed by atoms with Gasteiger partial charge in [-0.15, -0.1) is 0 Å². The highest BCUT2D eigenvalue weighted by Gasteiger charge is 2.44. The topological polar surface area (TPSA) is 75.4 Å². The molecule has 0 radical (unpaired) electrons. The van der Waals surface area contributed by atoms with Crippen LogP contribution in [-0.2, 0) is 4.79 Å². The lowest BCUT2D eigenvalue weighted by Gasteiger charge is -2.39. The van der Waals surface area contributed by atoms with E-state index in [4.69, 9.17) is 10.8 Å². The number of nitrogens with two attached hydrogens (primary N) is 1. The second-order valence-electron chi connectivity index (χ2n) is 5.53. The molecule has 0 bridgehead atoms. The Labute approximate surface area is 113 Å². The van der Waals surface area contributed by atoms with Crippen molar-refractivity contribution in [2.24, 2.45) is 5.73 Å². The summed E-state index contributed by atoms with van der Waals surface area (Å²) in [6.45, 7) is 0.251. The van der Waals surface area contributed by atoms with E-state index in [-0.39, 0.29) is 12.5 Å². The summed E-state index contributed by atoms with van der Waals surface area (Å²) in [5, 5.41) is 12.8. The van der Waals surface area contributed by atoms with Crippen molar-refractivity contribution in [1.29, 1.82) is 0 Å². The van der Waals surface area contributed by atoms with Crippen molar-refractivity contribution in [2.45, 2.75) is 61.8 Å². The van der Waals surface area contributed by atoms with Gasteiger partial charge in [-0.1, -0.05) is 0 Å². The minimum Gasteiger partial charge on any atom is -0.396 e. The number of thioether (sulfide) groups is 1. The Kier molecular flexibility index (Phi) is 4.92. The van der Waals surface area contributed by atoms with Crippen LogP contribution < -0.4 is 11.1 Å². The maximum atomic E-state index is 11.8. The van der Waals surface area contributed by atoms with Crippen LogP contribution in [0.4, 0.5) is 0 Å². The van der Waals surface area contributed by atoms with Gasteiger partial charge in [0.1, 0.15) is 0 Å². The molecule has 2 atom stereocenters. The molecule has 0 spiro atoms. The zero-order valence-corrected chi connectivity index (χ0v) is 11.7. The number of aliphatic hydroxyl groups is 1. The SMILES string of the molecule is NC(=O)C1(NC2CC2)CCCC(SCCCO)C1. The zero-order valence-electron chi connectivity index (χ0n) is 10.9. The Hall–Kier alpha value is -0.260. The lowest BCUT2D eigenvalue weighted by molar-refractivity contribution is -0.125. The molecule has 1 amide bonds. The molecule has 0 aromatic carbocycles. The van der Waals surface area contributed by atoms with Crippen LogP contribution in [0.3, 0.4) is 0 Å². The molecule has 2 rings (SSSR count). The van der Waals surface area contributed by atoms with Gasteiger partial charge >= 0.3 is 0 Å². The summed E-state index contributed by atoms with van der Waals surface area (Å²) in [6, 6.07) is 0.513. The van der Waals surface area contributed by atoms with Crippen LogP contribution in [0.5, 0.6) is 0 Å². The van der Waals surface area contributed by atoms with Crippen molar-refractivity contribution >= 4 is 17.7 Å². The third kappa shape index (κ3) is 3.62. The fraction of sp³-hybridized carbons (Fsp3) is 0.923. The first-order valence-electron chi connectivity index (χ1n) is 6.96. The number of aliphatic hydroxyl groups excluding tert-OH is 1. The fourth-order valence-electron chi connectivity index (χ4n) is 2.73. The van der Waals surface area contributed by atoms with E-state index in [1.807, 2.05) is 11.8 Å². The lowest BCUT2D eigenvalue weighted by Crippen LogP contribution is -2.59. The molecule has 2 fully saturated rings. The summed E-state index contributed by atoms with van der Waals surface area (Å²) in [4.78, 5) is 11.8. The van der Waals surface area contributed by atoms with E-state index in [1.165, 1.54) is 12.8 Å². The van der Waals surface area contributed by atoms with Gasteiger partial charge in [0.15, 0.2) is 0 Å². The monoisotopic (exact) mass is 272 g/mol. The molecule has 0 saturated heterocycles. The largest absolute Gasteiger partial charge is 0.396 e. The number of hydrogen-bond acceptors (Lipinski definition) is 4. The van der Waals surface area contributed by atoms with Crippen molar-refractivity contribution in [3.05, 3.63) is 0 Å². The number of rotatable bonds is 7. The van der Waals surface area contributed by atoms with E-state index in [0.717, 1.165) is 37.9 Å². The van der Waals surface area contributed by atoms with Crippen LogP contribution >= 0.6 is 11.8 Å². The molecule has 0 aliphatic heterocycles. The third-order valence-corrected chi connectivity index (χ3v) is 5.29. The molecule has 4 nitrogen and oxygen atoms in total. The fourth-order valence-corrected chi connectivity index (χ4v) is 4.09. The summed E-state index contributed by atoms with van der Waals surface area (Å²) in [7, 11) is 0. The molecule has 4 N–H and O–H groups in total. The molecule has 2 aliphatic carbocycles. The highest BCUT2D eigenvalue weighted by molar-refractivity contribution is 7.99. The Balaban J connectivity index is 1.90. The number of hydrogen-bond donors (Lipinski definition) is 3. The first-order chi connectivity index (χ1) is 8.66. The highest BCUT2D eigenvalue weighted by Crippen LogP contribution is 2.37. The van der Waals surface area contributed by atoms with Gasteiger partial charge in [0, 0.05) is 17.9 Å². The Bertz CT molecular complexity index is 297. The molecule has 104 valence electrons. The molecule has 18 heavy (non-hydrogen) atoms. The number of carbonyl (C=O) groups excluding carboxylic acids is 1. The van der Waals surface area contributed by atoms with Gasteiger partial charge in [0.05, 0.1) is 5.54 Å². The molecular weight excluding hydrogens is 248 g/mol.